The highest BCUT2D eigenvalue weighted by Crippen LogP contribution is 2.32. The lowest BCUT2D eigenvalue weighted by atomic mass is 10.00. The molecule has 2 aromatic carbocycles. The van der Waals surface area contributed by atoms with Gasteiger partial charge in [-0.05, 0) is 18.2 Å². The highest BCUT2D eigenvalue weighted by Gasteiger charge is 2.24. The Kier molecular flexibility index (Phi) is 4.04. The molecular weight excluding hydrogens is 309 g/mol. The van der Waals surface area contributed by atoms with E-state index in [1.54, 1.807) is 18.2 Å². The summed E-state index contributed by atoms with van der Waals surface area (Å²) in [7, 11) is 0. The Labute approximate surface area is 132 Å². The number of hydrogen-bond donors (Lipinski definition) is 1. The van der Waals surface area contributed by atoms with Crippen LogP contribution in [0.15, 0.2) is 42.5 Å². The van der Waals surface area contributed by atoms with Gasteiger partial charge in [0.15, 0.2) is 0 Å². The van der Waals surface area contributed by atoms with Gasteiger partial charge >= 0.3 is 0 Å². The average molecular weight is 322 g/mol. The highest BCUT2D eigenvalue weighted by atomic mass is 35.5. The molecular formula is C16H13Cl2NO2. The molecule has 0 saturated carbocycles. The molecule has 3 nitrogen and oxygen atoms in total. The third kappa shape index (κ3) is 2.85. The minimum Gasteiger partial charge on any atom is -0.493 e. The van der Waals surface area contributed by atoms with E-state index >= 15 is 0 Å². The maximum atomic E-state index is 12.4. The molecule has 108 valence electrons. The molecule has 0 aromatic heterocycles. The molecule has 5 heteroatoms. The summed E-state index contributed by atoms with van der Waals surface area (Å²) in [6, 6.07) is 12.6. The van der Waals surface area contributed by atoms with Crippen LogP contribution in [-0.4, -0.2) is 12.5 Å². The zero-order valence-electron chi connectivity index (χ0n) is 11.1. The van der Waals surface area contributed by atoms with Crippen LogP contribution in [0.2, 0.25) is 10.0 Å². The number of benzene rings is 2. The van der Waals surface area contributed by atoms with E-state index in [9.17, 15) is 4.79 Å². The van der Waals surface area contributed by atoms with E-state index in [0.717, 1.165) is 11.3 Å². The predicted octanol–water partition coefficient (Wildman–Crippen LogP) is 4.25. The molecule has 1 amide bonds. The van der Waals surface area contributed by atoms with Gasteiger partial charge in [0.05, 0.1) is 28.3 Å². The summed E-state index contributed by atoms with van der Waals surface area (Å²) in [6.45, 7) is 0.568. The fourth-order valence-electron chi connectivity index (χ4n) is 2.44. The van der Waals surface area contributed by atoms with Gasteiger partial charge in [-0.3, -0.25) is 4.79 Å². The van der Waals surface area contributed by atoms with E-state index in [1.165, 1.54) is 0 Å². The summed E-state index contributed by atoms with van der Waals surface area (Å²) < 4.78 is 5.58. The lowest BCUT2D eigenvalue weighted by Crippen LogP contribution is -2.32. The van der Waals surface area contributed by atoms with Crippen molar-refractivity contribution in [1.82, 2.24) is 5.32 Å². The SMILES string of the molecule is O=C(N[C@H]1CCOc2ccccc21)c1c(Cl)cccc1Cl. The van der Waals surface area contributed by atoms with E-state index in [2.05, 4.69) is 5.32 Å². The van der Waals surface area contributed by atoms with Gasteiger partial charge in [-0.2, -0.15) is 0 Å². The first kappa shape index (κ1) is 14.2. The molecule has 1 N–H and O–H groups in total. The van der Waals surface area contributed by atoms with Crippen LogP contribution in [0, 0.1) is 0 Å². The van der Waals surface area contributed by atoms with Gasteiger partial charge in [-0.15, -0.1) is 0 Å². The van der Waals surface area contributed by atoms with Gasteiger partial charge in [-0.25, -0.2) is 0 Å². The summed E-state index contributed by atoms with van der Waals surface area (Å²) in [4.78, 5) is 12.4. The van der Waals surface area contributed by atoms with E-state index < -0.39 is 0 Å². The van der Waals surface area contributed by atoms with Crippen LogP contribution in [0.5, 0.6) is 5.75 Å². The molecule has 1 atom stereocenters. The molecule has 1 aliphatic heterocycles. The largest absolute Gasteiger partial charge is 0.493 e. The van der Waals surface area contributed by atoms with Crippen molar-refractivity contribution in [2.24, 2.45) is 0 Å². The Hall–Kier alpha value is -1.71. The molecule has 0 saturated heterocycles. The van der Waals surface area contributed by atoms with Crippen LogP contribution in [0.1, 0.15) is 28.4 Å². The maximum absolute atomic E-state index is 12.4. The summed E-state index contributed by atoms with van der Waals surface area (Å²) in [5.74, 6) is 0.534. The third-order valence-electron chi connectivity index (χ3n) is 3.45. The number of halogens is 2. The molecule has 0 unspecified atom stereocenters. The van der Waals surface area contributed by atoms with E-state index in [-0.39, 0.29) is 11.9 Å². The van der Waals surface area contributed by atoms with Crippen molar-refractivity contribution in [1.29, 1.82) is 0 Å². The second-order valence-corrected chi connectivity index (χ2v) is 5.61. The number of hydrogen-bond acceptors (Lipinski definition) is 2. The number of para-hydroxylation sites is 1. The minimum absolute atomic E-state index is 0.102. The molecule has 0 radical (unpaired) electrons. The number of rotatable bonds is 2. The van der Waals surface area contributed by atoms with Crippen molar-refractivity contribution in [3.8, 4) is 5.75 Å². The van der Waals surface area contributed by atoms with E-state index in [0.29, 0.717) is 28.6 Å². The zero-order valence-corrected chi connectivity index (χ0v) is 12.6. The number of amides is 1. The van der Waals surface area contributed by atoms with Gasteiger partial charge in [0.25, 0.3) is 5.91 Å². The van der Waals surface area contributed by atoms with Crippen LogP contribution in [0.3, 0.4) is 0 Å². The first-order valence-corrected chi connectivity index (χ1v) is 7.39. The second-order valence-electron chi connectivity index (χ2n) is 4.80. The standard InChI is InChI=1S/C16H13Cl2NO2/c17-11-5-3-6-12(18)15(11)16(20)19-13-8-9-21-14-7-2-1-4-10(13)14/h1-7,13H,8-9H2,(H,19,20)/t13-/m0/s1. The van der Waals surface area contributed by atoms with Gasteiger partial charge in [0, 0.05) is 12.0 Å². The van der Waals surface area contributed by atoms with Gasteiger partial charge in [0.1, 0.15) is 5.75 Å². The molecule has 2 aromatic rings. The highest BCUT2D eigenvalue weighted by molar-refractivity contribution is 6.39. The first-order valence-electron chi connectivity index (χ1n) is 6.63. The summed E-state index contributed by atoms with van der Waals surface area (Å²) in [6.07, 6.45) is 0.713. The van der Waals surface area contributed by atoms with Crippen LogP contribution < -0.4 is 10.1 Å². The quantitative estimate of drug-likeness (QED) is 0.898. The summed E-state index contributed by atoms with van der Waals surface area (Å²) >= 11 is 12.1. The van der Waals surface area contributed by atoms with Crippen molar-refractivity contribution in [2.75, 3.05) is 6.61 Å². The minimum atomic E-state index is -0.271. The lowest BCUT2D eigenvalue weighted by Gasteiger charge is -2.26. The summed E-state index contributed by atoms with van der Waals surface area (Å²) in [5.41, 5.74) is 1.28. The Morgan fingerprint density at radius 2 is 1.81 bits per heavy atom. The smallest absolute Gasteiger partial charge is 0.254 e. The van der Waals surface area contributed by atoms with Gasteiger partial charge < -0.3 is 10.1 Å². The van der Waals surface area contributed by atoms with Crippen LogP contribution in [0.25, 0.3) is 0 Å². The fraction of sp³-hybridized carbons (Fsp3) is 0.188. The number of carbonyl (C=O) groups is 1. The third-order valence-corrected chi connectivity index (χ3v) is 4.08. The monoisotopic (exact) mass is 321 g/mol. The van der Waals surface area contributed by atoms with E-state index in [1.807, 2.05) is 24.3 Å². The van der Waals surface area contributed by atoms with Crippen molar-refractivity contribution in [3.05, 3.63) is 63.6 Å². The van der Waals surface area contributed by atoms with Crippen LogP contribution >= 0.6 is 23.2 Å². The fourth-order valence-corrected chi connectivity index (χ4v) is 3.01. The topological polar surface area (TPSA) is 38.3 Å². The van der Waals surface area contributed by atoms with Crippen LogP contribution in [0.4, 0.5) is 0 Å². The molecule has 3 rings (SSSR count). The van der Waals surface area contributed by atoms with Crippen molar-refractivity contribution in [3.63, 3.8) is 0 Å². The molecule has 0 spiro atoms. The number of fused-ring (bicyclic) bond motifs is 1. The maximum Gasteiger partial charge on any atom is 0.254 e. The average Bonchev–Trinajstić information content (AvgIpc) is 2.47. The predicted molar refractivity (Wildman–Crippen MR) is 83.2 cm³/mol. The second kappa shape index (κ2) is 5.96. The molecule has 21 heavy (non-hydrogen) atoms. The summed E-state index contributed by atoms with van der Waals surface area (Å²) in [5, 5.41) is 3.68. The Balaban J connectivity index is 1.86. The lowest BCUT2D eigenvalue weighted by molar-refractivity contribution is 0.0925. The molecule has 0 fully saturated rings. The van der Waals surface area contributed by atoms with Gasteiger partial charge in [0.2, 0.25) is 0 Å². The Bertz CT molecular complexity index is 667. The zero-order chi connectivity index (χ0) is 14.8. The Morgan fingerprint density at radius 1 is 1.10 bits per heavy atom. The van der Waals surface area contributed by atoms with Crippen molar-refractivity contribution in [2.45, 2.75) is 12.5 Å². The first-order chi connectivity index (χ1) is 10.2. The van der Waals surface area contributed by atoms with Crippen molar-refractivity contribution < 1.29 is 9.53 Å². The van der Waals surface area contributed by atoms with Gasteiger partial charge in [-0.1, -0.05) is 47.5 Å². The normalized spacial score (nSPS) is 16.8. The number of carbonyl (C=O) groups excluding carboxylic acids is 1. The molecule has 0 bridgehead atoms. The molecule has 1 aliphatic rings. The van der Waals surface area contributed by atoms with Crippen molar-refractivity contribution >= 4 is 29.1 Å². The number of ether oxygens (including phenoxy) is 1. The number of nitrogens with one attached hydrogen (secondary N) is 1. The van der Waals surface area contributed by atoms with E-state index in [4.69, 9.17) is 27.9 Å². The van der Waals surface area contributed by atoms with Crippen LogP contribution in [-0.2, 0) is 0 Å². The molecule has 0 aliphatic carbocycles. The molecule has 1 heterocycles. The Morgan fingerprint density at radius 3 is 2.57 bits per heavy atom.